The topological polar surface area (TPSA) is 9.23 Å². The first-order valence-corrected chi connectivity index (χ1v) is 7.73. The summed E-state index contributed by atoms with van der Waals surface area (Å²) in [4.78, 5) is 0. The summed E-state index contributed by atoms with van der Waals surface area (Å²) in [5.41, 5.74) is 0.827. The van der Waals surface area contributed by atoms with Crippen LogP contribution in [0, 0.1) is 11.8 Å². The van der Waals surface area contributed by atoms with Crippen LogP contribution in [-0.4, -0.2) is 22.3 Å². The lowest BCUT2D eigenvalue weighted by Gasteiger charge is -2.27. The molecule has 0 amide bonds. The zero-order valence-electron chi connectivity index (χ0n) is 10.1. The maximum atomic E-state index is 5.70. The van der Waals surface area contributed by atoms with Gasteiger partial charge in [0.15, 0.2) is 9.76 Å². The molecule has 0 aliphatic carbocycles. The smallest absolute Gasteiger partial charge is 0.165 e. The van der Waals surface area contributed by atoms with Gasteiger partial charge in [0.05, 0.1) is 0 Å². The second kappa shape index (κ2) is 8.75. The van der Waals surface area contributed by atoms with Crippen molar-refractivity contribution in [2.75, 3.05) is 12.5 Å². The van der Waals surface area contributed by atoms with Gasteiger partial charge in [-0.2, -0.15) is 0 Å². The molecule has 0 radical (unpaired) electrons. The van der Waals surface area contributed by atoms with Gasteiger partial charge in [0.2, 0.25) is 0 Å². The summed E-state index contributed by atoms with van der Waals surface area (Å²) in [7, 11) is -0.387. The number of alkyl halides is 1. The van der Waals surface area contributed by atoms with Gasteiger partial charge in [0.1, 0.15) is 0 Å². The third-order valence-corrected chi connectivity index (χ3v) is 5.95. The van der Waals surface area contributed by atoms with Crippen LogP contribution >= 0.6 is 11.6 Å². The van der Waals surface area contributed by atoms with E-state index in [1.54, 1.807) is 0 Å². The normalized spacial score (nSPS) is 18.6. The van der Waals surface area contributed by atoms with Crippen LogP contribution in [0.4, 0.5) is 0 Å². The molecule has 0 aromatic carbocycles. The van der Waals surface area contributed by atoms with Crippen LogP contribution < -0.4 is 0 Å². The van der Waals surface area contributed by atoms with Crippen LogP contribution in [0.1, 0.15) is 40.5 Å². The summed E-state index contributed by atoms with van der Waals surface area (Å²) in [5.74, 6) is 2.26. The molecular weight excluding hydrogens is 212 g/mol. The molecule has 0 aliphatic rings. The van der Waals surface area contributed by atoms with E-state index in [-0.39, 0.29) is 9.76 Å². The van der Waals surface area contributed by atoms with E-state index in [4.69, 9.17) is 16.0 Å². The summed E-state index contributed by atoms with van der Waals surface area (Å²) < 4.78 is 5.70. The molecule has 14 heavy (non-hydrogen) atoms. The summed E-state index contributed by atoms with van der Waals surface area (Å²) in [6.07, 6.45) is 2.54. The number of rotatable bonds is 8. The van der Waals surface area contributed by atoms with Gasteiger partial charge in [-0.3, -0.25) is 0 Å². The van der Waals surface area contributed by atoms with Gasteiger partial charge in [-0.05, 0) is 17.4 Å². The van der Waals surface area contributed by atoms with Crippen molar-refractivity contribution < 1.29 is 4.43 Å². The van der Waals surface area contributed by atoms with Crippen molar-refractivity contribution in [2.45, 2.75) is 46.1 Å². The van der Waals surface area contributed by atoms with E-state index in [1.165, 1.54) is 12.8 Å². The Morgan fingerprint density at radius 2 is 1.64 bits per heavy atom. The van der Waals surface area contributed by atoms with E-state index in [9.17, 15) is 0 Å². The highest BCUT2D eigenvalue weighted by Crippen LogP contribution is 2.30. The van der Waals surface area contributed by atoms with Gasteiger partial charge in [-0.25, -0.2) is 0 Å². The highest BCUT2D eigenvalue weighted by Gasteiger charge is 2.22. The van der Waals surface area contributed by atoms with Gasteiger partial charge >= 0.3 is 0 Å². The fourth-order valence-corrected chi connectivity index (χ4v) is 3.97. The van der Waals surface area contributed by atoms with Crippen LogP contribution in [-0.2, 0) is 4.43 Å². The standard InChI is InChI=1S/C11H25ClOSi/c1-5-9(3)11(10(4)6-2)14-13-8-7-12/h9-11H,5-8,14H2,1-4H3. The minimum Gasteiger partial charge on any atom is -0.422 e. The van der Waals surface area contributed by atoms with Crippen molar-refractivity contribution >= 4 is 21.4 Å². The zero-order valence-corrected chi connectivity index (χ0v) is 12.2. The largest absolute Gasteiger partial charge is 0.422 e. The molecule has 0 fully saturated rings. The fraction of sp³-hybridized carbons (Fsp3) is 1.00. The van der Waals surface area contributed by atoms with Gasteiger partial charge in [-0.1, -0.05) is 40.5 Å². The van der Waals surface area contributed by atoms with E-state index >= 15 is 0 Å². The molecule has 0 heterocycles. The van der Waals surface area contributed by atoms with E-state index in [2.05, 4.69) is 27.7 Å². The molecule has 0 aromatic rings. The molecule has 86 valence electrons. The Bertz CT molecular complexity index is 122. The Kier molecular flexibility index (Phi) is 9.04. The molecule has 0 aromatic heterocycles. The molecule has 0 saturated carbocycles. The quantitative estimate of drug-likeness (QED) is 0.357. The van der Waals surface area contributed by atoms with Gasteiger partial charge in [0.25, 0.3) is 0 Å². The Morgan fingerprint density at radius 1 is 1.14 bits per heavy atom. The van der Waals surface area contributed by atoms with Crippen molar-refractivity contribution in [2.24, 2.45) is 11.8 Å². The predicted octanol–water partition coefficient (Wildman–Crippen LogP) is 3.21. The Labute approximate surface area is 96.5 Å². The first kappa shape index (κ1) is 14.5. The lowest BCUT2D eigenvalue weighted by atomic mass is 9.93. The summed E-state index contributed by atoms with van der Waals surface area (Å²) in [5, 5.41) is 0. The zero-order chi connectivity index (χ0) is 11.0. The third kappa shape index (κ3) is 5.37. The van der Waals surface area contributed by atoms with Crippen LogP contribution in [0.3, 0.4) is 0 Å². The minimum atomic E-state index is -0.387. The summed E-state index contributed by atoms with van der Waals surface area (Å²) in [6.45, 7) is 10.0. The first-order valence-electron chi connectivity index (χ1n) is 5.80. The highest BCUT2D eigenvalue weighted by molar-refractivity contribution is 6.30. The SMILES string of the molecule is CCC(C)C([SiH2]OCCCl)C(C)CC. The molecule has 2 unspecified atom stereocenters. The van der Waals surface area contributed by atoms with E-state index in [0.29, 0.717) is 5.88 Å². The molecule has 0 spiro atoms. The Morgan fingerprint density at radius 3 is 2.00 bits per heavy atom. The van der Waals surface area contributed by atoms with E-state index in [1.807, 2.05) is 0 Å². The second-order valence-corrected chi connectivity index (χ2v) is 6.26. The maximum absolute atomic E-state index is 5.70. The molecule has 0 aliphatic heterocycles. The van der Waals surface area contributed by atoms with Crippen molar-refractivity contribution in [3.8, 4) is 0 Å². The van der Waals surface area contributed by atoms with Crippen LogP contribution in [0.5, 0.6) is 0 Å². The molecule has 0 bridgehead atoms. The van der Waals surface area contributed by atoms with Crippen LogP contribution in [0.15, 0.2) is 0 Å². The van der Waals surface area contributed by atoms with Gasteiger partial charge < -0.3 is 4.43 Å². The van der Waals surface area contributed by atoms with Crippen molar-refractivity contribution in [3.05, 3.63) is 0 Å². The second-order valence-electron chi connectivity index (χ2n) is 4.20. The average molecular weight is 237 g/mol. The monoisotopic (exact) mass is 236 g/mol. The molecule has 2 atom stereocenters. The highest BCUT2D eigenvalue weighted by atomic mass is 35.5. The predicted molar refractivity (Wildman–Crippen MR) is 67.9 cm³/mol. The number of halogens is 1. The molecule has 1 nitrogen and oxygen atoms in total. The van der Waals surface area contributed by atoms with Crippen molar-refractivity contribution in [1.82, 2.24) is 0 Å². The Balaban J connectivity index is 3.97. The van der Waals surface area contributed by atoms with Crippen molar-refractivity contribution in [3.63, 3.8) is 0 Å². The lowest BCUT2D eigenvalue weighted by Crippen LogP contribution is -2.22. The van der Waals surface area contributed by atoms with Crippen LogP contribution in [0.2, 0.25) is 5.54 Å². The molecule has 0 N–H and O–H groups in total. The third-order valence-electron chi connectivity index (χ3n) is 3.28. The lowest BCUT2D eigenvalue weighted by molar-refractivity contribution is 0.311. The fourth-order valence-electron chi connectivity index (χ4n) is 1.77. The first-order chi connectivity index (χ1) is 6.67. The Hall–Kier alpha value is 0.467. The minimum absolute atomic E-state index is 0.387. The molecule has 0 saturated heterocycles. The summed E-state index contributed by atoms with van der Waals surface area (Å²) >= 11 is 5.61. The number of hydrogen-bond acceptors (Lipinski definition) is 1. The van der Waals surface area contributed by atoms with Crippen LogP contribution in [0.25, 0.3) is 0 Å². The van der Waals surface area contributed by atoms with Gasteiger partial charge in [0, 0.05) is 12.5 Å². The molecule has 3 heteroatoms. The number of hydrogen-bond donors (Lipinski definition) is 0. The maximum Gasteiger partial charge on any atom is 0.165 e. The van der Waals surface area contributed by atoms with Gasteiger partial charge in [-0.15, -0.1) is 11.6 Å². The molecule has 0 rings (SSSR count). The van der Waals surface area contributed by atoms with E-state index in [0.717, 1.165) is 24.0 Å². The van der Waals surface area contributed by atoms with E-state index < -0.39 is 0 Å². The summed E-state index contributed by atoms with van der Waals surface area (Å²) in [6, 6.07) is 0. The van der Waals surface area contributed by atoms with Crippen molar-refractivity contribution in [1.29, 1.82) is 0 Å². The average Bonchev–Trinajstić information content (AvgIpc) is 2.22. The molecular formula is C11H25ClOSi.